The third kappa shape index (κ3) is 1.82. The molecule has 2 rings (SSSR count). The molecule has 0 bridgehead atoms. The summed E-state index contributed by atoms with van der Waals surface area (Å²) >= 11 is 0. The van der Waals surface area contributed by atoms with Gasteiger partial charge in [-0.2, -0.15) is 10.5 Å². The highest BCUT2D eigenvalue weighted by Crippen LogP contribution is 2.28. The van der Waals surface area contributed by atoms with Crippen LogP contribution in [0.5, 0.6) is 0 Å². The fraction of sp³-hybridized carbons (Fsp3) is 0.333. The molecule has 19 heavy (non-hydrogen) atoms. The summed E-state index contributed by atoms with van der Waals surface area (Å²) in [5, 5.41) is 18.1. The predicted molar refractivity (Wildman–Crippen MR) is 72.6 cm³/mol. The van der Waals surface area contributed by atoms with Gasteiger partial charge < -0.3 is 0 Å². The molecule has 4 nitrogen and oxygen atoms in total. The van der Waals surface area contributed by atoms with Gasteiger partial charge in [0.25, 0.3) is 0 Å². The molecule has 0 amide bonds. The van der Waals surface area contributed by atoms with Crippen LogP contribution in [-0.2, 0) is 6.42 Å². The average Bonchev–Trinajstić information content (AvgIpc) is 2.44. The van der Waals surface area contributed by atoms with Crippen LogP contribution in [0.1, 0.15) is 40.6 Å². The van der Waals surface area contributed by atoms with Crippen molar-refractivity contribution in [2.75, 3.05) is 0 Å². The van der Waals surface area contributed by atoms with Crippen molar-refractivity contribution in [3.8, 4) is 12.1 Å². The summed E-state index contributed by atoms with van der Waals surface area (Å²) in [5.74, 6) is 0. The zero-order chi connectivity index (χ0) is 14.2. The van der Waals surface area contributed by atoms with Crippen LogP contribution in [0.2, 0.25) is 0 Å². The lowest BCUT2D eigenvalue weighted by molar-refractivity contribution is 1.06. The van der Waals surface area contributed by atoms with Crippen molar-refractivity contribution in [3.63, 3.8) is 0 Å². The molecule has 1 aromatic heterocycles. The topological polar surface area (TPSA) is 73.4 Å². The van der Waals surface area contributed by atoms with Gasteiger partial charge in [0, 0.05) is 0 Å². The number of aryl methyl sites for hydroxylation is 2. The van der Waals surface area contributed by atoms with Gasteiger partial charge in [0.1, 0.15) is 12.1 Å². The SMILES string of the molecule is CCc1c(C)c(C)c2nc(C#N)c(C#N)nc2c1C. The number of nitriles is 2. The highest BCUT2D eigenvalue weighted by molar-refractivity contribution is 5.85. The quantitative estimate of drug-likeness (QED) is 0.780. The number of hydrogen-bond donors (Lipinski definition) is 0. The maximum Gasteiger partial charge on any atom is 0.177 e. The van der Waals surface area contributed by atoms with Crippen molar-refractivity contribution in [1.29, 1.82) is 10.5 Å². The average molecular weight is 250 g/mol. The summed E-state index contributed by atoms with van der Waals surface area (Å²) in [6.45, 7) is 8.14. The third-order valence-electron chi connectivity index (χ3n) is 3.64. The van der Waals surface area contributed by atoms with Crippen molar-refractivity contribution in [2.24, 2.45) is 0 Å². The molecule has 0 N–H and O–H groups in total. The van der Waals surface area contributed by atoms with E-state index in [1.165, 1.54) is 11.1 Å². The molecule has 2 aromatic rings. The first-order valence-corrected chi connectivity index (χ1v) is 6.15. The third-order valence-corrected chi connectivity index (χ3v) is 3.64. The normalized spacial score (nSPS) is 10.2. The van der Waals surface area contributed by atoms with Gasteiger partial charge >= 0.3 is 0 Å². The molecule has 0 atom stereocenters. The van der Waals surface area contributed by atoms with Gasteiger partial charge in [0.2, 0.25) is 0 Å². The van der Waals surface area contributed by atoms with E-state index in [0.717, 1.165) is 28.6 Å². The van der Waals surface area contributed by atoms with Crippen LogP contribution in [0.15, 0.2) is 0 Å². The van der Waals surface area contributed by atoms with Crippen LogP contribution >= 0.6 is 0 Å². The Labute approximate surface area is 112 Å². The van der Waals surface area contributed by atoms with Crippen molar-refractivity contribution < 1.29 is 0 Å². The lowest BCUT2D eigenvalue weighted by Crippen LogP contribution is -2.04. The minimum absolute atomic E-state index is 0.0983. The van der Waals surface area contributed by atoms with Crippen LogP contribution in [-0.4, -0.2) is 9.97 Å². The number of hydrogen-bond acceptors (Lipinski definition) is 4. The van der Waals surface area contributed by atoms with Crippen molar-refractivity contribution in [3.05, 3.63) is 33.6 Å². The van der Waals surface area contributed by atoms with Crippen molar-refractivity contribution in [2.45, 2.75) is 34.1 Å². The van der Waals surface area contributed by atoms with Gasteiger partial charge in [-0.1, -0.05) is 6.92 Å². The van der Waals surface area contributed by atoms with Crippen LogP contribution in [0, 0.1) is 43.4 Å². The van der Waals surface area contributed by atoms with Gasteiger partial charge in [-0.15, -0.1) is 0 Å². The highest BCUT2D eigenvalue weighted by Gasteiger charge is 2.16. The van der Waals surface area contributed by atoms with E-state index in [-0.39, 0.29) is 11.4 Å². The van der Waals surface area contributed by atoms with Crippen LogP contribution in [0.25, 0.3) is 11.0 Å². The number of fused-ring (bicyclic) bond motifs is 1. The highest BCUT2D eigenvalue weighted by atomic mass is 14.8. The van der Waals surface area contributed by atoms with E-state index in [4.69, 9.17) is 10.5 Å². The summed E-state index contributed by atoms with van der Waals surface area (Å²) in [7, 11) is 0. The molecule has 0 unspecified atom stereocenters. The first-order valence-electron chi connectivity index (χ1n) is 6.15. The monoisotopic (exact) mass is 250 g/mol. The standard InChI is InChI=1S/C15H14N4/c1-5-11-8(2)9(3)14-15(10(11)4)19-13(7-17)12(6-16)18-14/h5H2,1-4H3. The molecular formula is C15H14N4. The van der Waals surface area contributed by atoms with E-state index in [0.29, 0.717) is 0 Å². The van der Waals surface area contributed by atoms with E-state index in [1.54, 1.807) is 0 Å². The Morgan fingerprint density at radius 1 is 0.842 bits per heavy atom. The fourth-order valence-electron chi connectivity index (χ4n) is 2.47. The second-order valence-electron chi connectivity index (χ2n) is 4.55. The molecule has 1 heterocycles. The lowest BCUT2D eigenvalue weighted by atomic mass is 9.94. The van der Waals surface area contributed by atoms with Gasteiger partial charge in [-0.3, -0.25) is 0 Å². The molecular weight excluding hydrogens is 236 g/mol. The number of nitrogens with zero attached hydrogens (tertiary/aromatic N) is 4. The summed E-state index contributed by atoms with van der Waals surface area (Å²) in [6.07, 6.45) is 0.915. The molecule has 94 valence electrons. The molecule has 1 aromatic carbocycles. The second kappa shape index (κ2) is 4.66. The van der Waals surface area contributed by atoms with Gasteiger partial charge in [-0.25, -0.2) is 9.97 Å². The Balaban J connectivity index is 3.02. The molecule has 0 saturated heterocycles. The van der Waals surface area contributed by atoms with E-state index >= 15 is 0 Å². The van der Waals surface area contributed by atoms with Crippen molar-refractivity contribution in [1.82, 2.24) is 9.97 Å². The summed E-state index contributed by atoms with van der Waals surface area (Å²) in [5.41, 5.74) is 6.17. The molecule has 0 radical (unpaired) electrons. The Kier molecular flexibility index (Phi) is 3.19. The Morgan fingerprint density at radius 2 is 1.32 bits per heavy atom. The molecule has 0 spiro atoms. The maximum atomic E-state index is 9.05. The second-order valence-corrected chi connectivity index (χ2v) is 4.55. The predicted octanol–water partition coefficient (Wildman–Crippen LogP) is 2.86. The molecule has 0 aliphatic rings. The van der Waals surface area contributed by atoms with Crippen LogP contribution in [0.4, 0.5) is 0 Å². The summed E-state index contributed by atoms with van der Waals surface area (Å²) in [6, 6.07) is 3.88. The Bertz CT molecular complexity index is 761. The number of rotatable bonds is 1. The van der Waals surface area contributed by atoms with Gasteiger partial charge in [-0.05, 0) is 49.4 Å². The Hall–Kier alpha value is -2.46. The lowest BCUT2D eigenvalue weighted by Gasteiger charge is -2.14. The van der Waals surface area contributed by atoms with E-state index in [9.17, 15) is 0 Å². The smallest absolute Gasteiger partial charge is 0.177 e. The van der Waals surface area contributed by atoms with Gasteiger partial charge in [0.05, 0.1) is 11.0 Å². The van der Waals surface area contributed by atoms with Crippen LogP contribution in [0.3, 0.4) is 0 Å². The van der Waals surface area contributed by atoms with E-state index in [2.05, 4.69) is 23.8 Å². The summed E-state index contributed by atoms with van der Waals surface area (Å²) < 4.78 is 0. The maximum absolute atomic E-state index is 9.05. The molecule has 0 aliphatic carbocycles. The molecule has 0 saturated carbocycles. The van der Waals surface area contributed by atoms with Gasteiger partial charge in [0.15, 0.2) is 11.4 Å². The fourth-order valence-corrected chi connectivity index (χ4v) is 2.47. The summed E-state index contributed by atoms with van der Waals surface area (Å²) in [4.78, 5) is 8.64. The first kappa shape index (κ1) is 13.0. The zero-order valence-electron chi connectivity index (χ0n) is 11.5. The largest absolute Gasteiger partial charge is 0.232 e. The minimum atomic E-state index is 0.0983. The molecule has 0 fully saturated rings. The van der Waals surface area contributed by atoms with E-state index in [1.807, 2.05) is 26.0 Å². The van der Waals surface area contributed by atoms with Crippen molar-refractivity contribution >= 4 is 11.0 Å². The minimum Gasteiger partial charge on any atom is -0.232 e. The first-order chi connectivity index (χ1) is 9.04. The number of aromatic nitrogens is 2. The zero-order valence-corrected chi connectivity index (χ0v) is 11.5. The molecule has 0 aliphatic heterocycles. The van der Waals surface area contributed by atoms with E-state index < -0.39 is 0 Å². The molecule has 4 heteroatoms. The van der Waals surface area contributed by atoms with Crippen LogP contribution < -0.4 is 0 Å². The number of benzene rings is 1. The Morgan fingerprint density at radius 3 is 1.74 bits per heavy atom.